The number of carbonyl (C=O) groups excluding carboxylic acids is 1. The van der Waals surface area contributed by atoms with Crippen LogP contribution in [0, 0.1) is 0 Å². The van der Waals surface area contributed by atoms with Crippen LogP contribution >= 0.6 is 11.6 Å². The van der Waals surface area contributed by atoms with Gasteiger partial charge in [0, 0.05) is 47.0 Å². The molecule has 0 aliphatic heterocycles. The maximum Gasteiger partial charge on any atom is 0.250 e. The molecule has 6 nitrogen and oxygen atoms in total. The Morgan fingerprint density at radius 1 is 0.882 bits per heavy atom. The Hall–Kier alpha value is -4.29. The third kappa shape index (κ3) is 4.19. The second-order valence-corrected chi connectivity index (χ2v) is 8.09. The van der Waals surface area contributed by atoms with Gasteiger partial charge in [-0.2, -0.15) is 0 Å². The summed E-state index contributed by atoms with van der Waals surface area (Å²) in [4.78, 5) is 27.1. The summed E-state index contributed by atoms with van der Waals surface area (Å²) in [5.74, 6) is -0.551. The summed E-state index contributed by atoms with van der Waals surface area (Å²) in [5.41, 5.74) is 10.1. The largest absolute Gasteiger partial charge is 0.366 e. The Labute approximate surface area is 201 Å². The van der Waals surface area contributed by atoms with E-state index < -0.39 is 5.91 Å². The summed E-state index contributed by atoms with van der Waals surface area (Å²) in [6, 6.07) is 23.7. The van der Waals surface area contributed by atoms with Gasteiger partial charge in [0.05, 0.1) is 23.5 Å². The van der Waals surface area contributed by atoms with Crippen molar-refractivity contribution in [3.8, 4) is 11.1 Å². The van der Waals surface area contributed by atoms with E-state index >= 15 is 0 Å². The summed E-state index contributed by atoms with van der Waals surface area (Å²) < 4.78 is 0. The van der Waals surface area contributed by atoms with E-state index in [1.807, 2.05) is 48.5 Å². The standard InChI is InChI=1S/C27H20ClN5O/c28-26-25(18-13-19(27(29)34)15-30-14-18)22-10-6-11-24(23(22)16-32-26)33(21-8-2-1-3-9-21)17-20-7-4-5-12-31-20/h1-16H,17H2,(H2,29,34). The molecular weight excluding hydrogens is 446 g/mol. The van der Waals surface area contributed by atoms with E-state index in [4.69, 9.17) is 17.3 Å². The number of fused-ring (bicyclic) bond motifs is 1. The lowest BCUT2D eigenvalue weighted by Gasteiger charge is -2.26. The van der Waals surface area contributed by atoms with Gasteiger partial charge in [-0.3, -0.25) is 14.8 Å². The van der Waals surface area contributed by atoms with Crippen LogP contribution in [0.2, 0.25) is 5.15 Å². The number of pyridine rings is 3. The molecule has 166 valence electrons. The van der Waals surface area contributed by atoms with Crippen LogP contribution in [0.3, 0.4) is 0 Å². The first-order valence-electron chi connectivity index (χ1n) is 10.7. The van der Waals surface area contributed by atoms with E-state index in [-0.39, 0.29) is 0 Å². The quantitative estimate of drug-likeness (QED) is 0.321. The van der Waals surface area contributed by atoms with Gasteiger partial charge in [-0.15, -0.1) is 0 Å². The molecule has 0 fully saturated rings. The smallest absolute Gasteiger partial charge is 0.250 e. The SMILES string of the molecule is NC(=O)c1cncc(-c2c(Cl)ncc3c(N(Cc4ccccn4)c4ccccc4)cccc23)c1. The molecule has 0 unspecified atom stereocenters. The fraction of sp³-hybridized carbons (Fsp3) is 0.0370. The second-order valence-electron chi connectivity index (χ2n) is 7.73. The van der Waals surface area contributed by atoms with Crippen LogP contribution in [0.4, 0.5) is 11.4 Å². The number of anilines is 2. The number of amides is 1. The minimum absolute atomic E-state index is 0.308. The maximum absolute atomic E-state index is 11.7. The third-order valence-electron chi connectivity index (χ3n) is 5.58. The zero-order chi connectivity index (χ0) is 23.5. The van der Waals surface area contributed by atoms with Crippen molar-refractivity contribution >= 4 is 39.7 Å². The monoisotopic (exact) mass is 465 g/mol. The van der Waals surface area contributed by atoms with Crippen LogP contribution in [-0.4, -0.2) is 20.9 Å². The number of hydrogen-bond donors (Lipinski definition) is 1. The van der Waals surface area contributed by atoms with Crippen LogP contribution in [0.15, 0.2) is 97.6 Å². The molecule has 2 N–H and O–H groups in total. The fourth-order valence-corrected chi connectivity index (χ4v) is 4.26. The summed E-state index contributed by atoms with van der Waals surface area (Å²) in [7, 11) is 0. The Morgan fingerprint density at radius 2 is 1.71 bits per heavy atom. The molecule has 34 heavy (non-hydrogen) atoms. The van der Waals surface area contributed by atoms with Gasteiger partial charge >= 0.3 is 0 Å². The van der Waals surface area contributed by atoms with E-state index in [1.165, 1.54) is 6.20 Å². The van der Waals surface area contributed by atoms with Gasteiger partial charge in [-0.25, -0.2) is 4.98 Å². The van der Waals surface area contributed by atoms with Crippen LogP contribution in [-0.2, 0) is 6.54 Å². The van der Waals surface area contributed by atoms with Crippen molar-refractivity contribution in [2.24, 2.45) is 5.73 Å². The van der Waals surface area contributed by atoms with E-state index in [0.29, 0.717) is 28.4 Å². The van der Waals surface area contributed by atoms with Gasteiger partial charge in [0.2, 0.25) is 5.91 Å². The topological polar surface area (TPSA) is 85.0 Å². The molecule has 0 saturated carbocycles. The molecule has 0 aliphatic carbocycles. The lowest BCUT2D eigenvalue weighted by Crippen LogP contribution is -2.17. The second kappa shape index (κ2) is 9.29. The van der Waals surface area contributed by atoms with Gasteiger partial charge in [0.25, 0.3) is 0 Å². The highest BCUT2D eigenvalue weighted by molar-refractivity contribution is 6.34. The molecule has 0 atom stereocenters. The number of benzene rings is 2. The van der Waals surface area contributed by atoms with Crippen molar-refractivity contribution in [3.05, 3.63) is 114 Å². The normalized spacial score (nSPS) is 10.9. The molecule has 7 heteroatoms. The fourth-order valence-electron chi connectivity index (χ4n) is 4.00. The van der Waals surface area contributed by atoms with E-state index in [0.717, 1.165) is 27.8 Å². The van der Waals surface area contributed by atoms with Crippen molar-refractivity contribution in [3.63, 3.8) is 0 Å². The Balaban J connectivity index is 1.71. The first-order chi connectivity index (χ1) is 16.6. The highest BCUT2D eigenvalue weighted by Crippen LogP contribution is 2.39. The maximum atomic E-state index is 11.7. The lowest BCUT2D eigenvalue weighted by atomic mass is 9.99. The molecule has 0 spiro atoms. The predicted octanol–water partition coefficient (Wildman–Crippen LogP) is 5.78. The predicted molar refractivity (Wildman–Crippen MR) is 135 cm³/mol. The van der Waals surface area contributed by atoms with E-state index in [1.54, 1.807) is 24.7 Å². The van der Waals surface area contributed by atoms with Crippen LogP contribution in [0.25, 0.3) is 21.9 Å². The van der Waals surface area contributed by atoms with Crippen molar-refractivity contribution in [1.29, 1.82) is 0 Å². The Bertz CT molecular complexity index is 1480. The summed E-state index contributed by atoms with van der Waals surface area (Å²) >= 11 is 6.57. The summed E-state index contributed by atoms with van der Waals surface area (Å²) in [6.07, 6.45) is 6.66. The van der Waals surface area contributed by atoms with Gasteiger partial charge in [-0.1, -0.05) is 48.0 Å². The van der Waals surface area contributed by atoms with Crippen LogP contribution in [0.5, 0.6) is 0 Å². The lowest BCUT2D eigenvalue weighted by molar-refractivity contribution is 0.1000. The number of aromatic nitrogens is 3. The van der Waals surface area contributed by atoms with E-state index in [9.17, 15) is 4.79 Å². The van der Waals surface area contributed by atoms with Crippen LogP contribution < -0.4 is 10.6 Å². The molecule has 0 aliphatic rings. The van der Waals surface area contributed by atoms with E-state index in [2.05, 4.69) is 38.1 Å². The molecule has 2 aromatic carbocycles. The molecule has 5 rings (SSSR count). The molecule has 1 amide bonds. The first-order valence-corrected chi connectivity index (χ1v) is 11.0. The van der Waals surface area contributed by atoms with Gasteiger partial charge in [0.1, 0.15) is 5.15 Å². The summed E-state index contributed by atoms with van der Waals surface area (Å²) in [5, 5.41) is 2.12. The van der Waals surface area contributed by atoms with Crippen molar-refractivity contribution in [2.45, 2.75) is 6.54 Å². The van der Waals surface area contributed by atoms with Crippen molar-refractivity contribution in [2.75, 3.05) is 4.90 Å². The first kappa shape index (κ1) is 21.6. The Morgan fingerprint density at radius 3 is 2.47 bits per heavy atom. The third-order valence-corrected chi connectivity index (χ3v) is 5.87. The number of para-hydroxylation sites is 1. The average molecular weight is 466 g/mol. The van der Waals surface area contributed by atoms with Gasteiger partial charge in [0.15, 0.2) is 0 Å². The highest BCUT2D eigenvalue weighted by Gasteiger charge is 2.18. The molecule has 3 aromatic heterocycles. The summed E-state index contributed by atoms with van der Waals surface area (Å²) in [6.45, 7) is 0.570. The van der Waals surface area contributed by atoms with Crippen LogP contribution in [0.1, 0.15) is 16.1 Å². The molecule has 5 aromatic rings. The number of hydrogen-bond acceptors (Lipinski definition) is 5. The zero-order valence-corrected chi connectivity index (χ0v) is 18.9. The van der Waals surface area contributed by atoms with Crippen molar-refractivity contribution in [1.82, 2.24) is 15.0 Å². The molecule has 3 heterocycles. The minimum atomic E-state index is -0.551. The zero-order valence-electron chi connectivity index (χ0n) is 18.1. The number of nitrogens with zero attached hydrogens (tertiary/aromatic N) is 4. The van der Waals surface area contributed by atoms with Gasteiger partial charge in [-0.05, 0) is 41.8 Å². The molecule has 0 saturated heterocycles. The van der Waals surface area contributed by atoms with Gasteiger partial charge < -0.3 is 10.6 Å². The molecule has 0 bridgehead atoms. The highest BCUT2D eigenvalue weighted by atomic mass is 35.5. The molecule has 0 radical (unpaired) electrons. The number of primary amides is 1. The average Bonchev–Trinajstić information content (AvgIpc) is 2.88. The number of halogens is 1. The number of rotatable bonds is 6. The number of carbonyl (C=O) groups is 1. The number of nitrogens with two attached hydrogens (primary N) is 1. The minimum Gasteiger partial charge on any atom is -0.366 e. The molecular formula is C27H20ClN5O. The Kier molecular flexibility index (Phi) is 5.89. The van der Waals surface area contributed by atoms with Crippen molar-refractivity contribution < 1.29 is 4.79 Å².